The number of rotatable bonds is 3. The largest absolute Gasteiger partial charge is 0.399 e. The molecule has 0 saturated heterocycles. The Bertz CT molecular complexity index is 328. The third kappa shape index (κ3) is 2.72. The van der Waals surface area contributed by atoms with Crippen molar-refractivity contribution in [1.82, 2.24) is 5.06 Å². The van der Waals surface area contributed by atoms with Crippen LogP contribution in [-0.4, -0.2) is 29.9 Å². The first-order chi connectivity index (χ1) is 6.63. The number of nitrogens with zero attached hydrogens (tertiary/aromatic N) is 1. The summed E-state index contributed by atoms with van der Waals surface area (Å²) < 4.78 is 0. The van der Waals surface area contributed by atoms with E-state index in [9.17, 15) is 4.79 Å². The number of benzene rings is 1. The van der Waals surface area contributed by atoms with Crippen LogP contribution >= 0.6 is 0 Å². The Morgan fingerprint density at radius 3 is 2.93 bits per heavy atom. The van der Waals surface area contributed by atoms with E-state index in [4.69, 9.17) is 15.7 Å². The number of carbonyl (C=O) groups is 1. The molecule has 5 nitrogen and oxygen atoms in total. The van der Waals surface area contributed by atoms with Gasteiger partial charge in [-0.3, -0.25) is 0 Å². The molecule has 76 valence electrons. The second-order valence-corrected chi connectivity index (χ2v) is 2.77. The van der Waals surface area contributed by atoms with Crippen LogP contribution in [0.15, 0.2) is 24.3 Å². The standard InChI is InChI=1S/C9H12N2O3/c1-11(6-12)14-9(13)7-3-2-4-8(10)5-7/h2-5,12H,6,10H2,1H3. The van der Waals surface area contributed by atoms with Crippen LogP contribution in [0.25, 0.3) is 0 Å². The van der Waals surface area contributed by atoms with Crippen molar-refractivity contribution in [3.05, 3.63) is 29.8 Å². The van der Waals surface area contributed by atoms with Crippen LogP contribution in [0.1, 0.15) is 10.4 Å². The summed E-state index contributed by atoms with van der Waals surface area (Å²) in [5.41, 5.74) is 6.33. The Kier molecular flexibility index (Phi) is 3.44. The Morgan fingerprint density at radius 1 is 1.64 bits per heavy atom. The molecule has 0 saturated carbocycles. The van der Waals surface area contributed by atoms with Crippen molar-refractivity contribution in [3.8, 4) is 0 Å². The summed E-state index contributed by atoms with van der Waals surface area (Å²) in [5, 5.41) is 9.63. The summed E-state index contributed by atoms with van der Waals surface area (Å²) in [7, 11) is 1.45. The third-order valence-electron chi connectivity index (χ3n) is 1.56. The number of hydrogen-bond acceptors (Lipinski definition) is 5. The lowest BCUT2D eigenvalue weighted by Gasteiger charge is -2.12. The first kappa shape index (κ1) is 10.5. The fourth-order valence-electron chi connectivity index (χ4n) is 0.889. The van der Waals surface area contributed by atoms with E-state index < -0.39 is 5.97 Å². The monoisotopic (exact) mass is 196 g/mol. The number of nitrogens with two attached hydrogens (primary N) is 1. The predicted molar refractivity (Wildman–Crippen MR) is 51.1 cm³/mol. The van der Waals surface area contributed by atoms with Crippen molar-refractivity contribution in [2.75, 3.05) is 19.5 Å². The molecular weight excluding hydrogens is 184 g/mol. The summed E-state index contributed by atoms with van der Waals surface area (Å²) in [6.07, 6.45) is 0. The fraction of sp³-hybridized carbons (Fsp3) is 0.222. The van der Waals surface area contributed by atoms with Gasteiger partial charge in [-0.1, -0.05) is 6.07 Å². The van der Waals surface area contributed by atoms with E-state index in [2.05, 4.69) is 0 Å². The topological polar surface area (TPSA) is 75.8 Å². The minimum atomic E-state index is -0.547. The summed E-state index contributed by atoms with van der Waals surface area (Å²) in [6.45, 7) is -0.353. The molecule has 0 atom stereocenters. The molecule has 0 heterocycles. The molecule has 1 aromatic carbocycles. The average Bonchev–Trinajstić information content (AvgIpc) is 2.17. The zero-order chi connectivity index (χ0) is 10.6. The van der Waals surface area contributed by atoms with E-state index in [0.29, 0.717) is 11.3 Å². The minimum Gasteiger partial charge on any atom is -0.399 e. The zero-order valence-corrected chi connectivity index (χ0v) is 7.80. The number of anilines is 1. The van der Waals surface area contributed by atoms with E-state index in [1.165, 1.54) is 13.1 Å². The van der Waals surface area contributed by atoms with Gasteiger partial charge in [0.2, 0.25) is 0 Å². The molecule has 0 aliphatic rings. The smallest absolute Gasteiger partial charge is 0.357 e. The molecule has 0 aromatic heterocycles. The van der Waals surface area contributed by atoms with Gasteiger partial charge < -0.3 is 15.7 Å². The van der Waals surface area contributed by atoms with Crippen molar-refractivity contribution in [3.63, 3.8) is 0 Å². The quantitative estimate of drug-likeness (QED) is 0.411. The van der Waals surface area contributed by atoms with Crippen molar-refractivity contribution in [1.29, 1.82) is 0 Å². The SMILES string of the molecule is CN(CO)OC(=O)c1cccc(N)c1. The summed E-state index contributed by atoms with van der Waals surface area (Å²) >= 11 is 0. The highest BCUT2D eigenvalue weighted by Gasteiger charge is 2.09. The second kappa shape index (κ2) is 4.59. The first-order valence-corrected chi connectivity index (χ1v) is 4.03. The normalized spacial score (nSPS) is 10.2. The van der Waals surface area contributed by atoms with E-state index >= 15 is 0 Å². The van der Waals surface area contributed by atoms with Crippen molar-refractivity contribution in [2.24, 2.45) is 0 Å². The van der Waals surface area contributed by atoms with Gasteiger partial charge in [-0.15, -0.1) is 5.06 Å². The molecule has 0 aliphatic carbocycles. The van der Waals surface area contributed by atoms with Crippen LogP contribution in [0.5, 0.6) is 0 Å². The van der Waals surface area contributed by atoms with E-state index in [1.807, 2.05) is 0 Å². The van der Waals surface area contributed by atoms with E-state index in [0.717, 1.165) is 5.06 Å². The van der Waals surface area contributed by atoms with Crippen LogP contribution < -0.4 is 5.73 Å². The summed E-state index contributed by atoms with van der Waals surface area (Å²) in [4.78, 5) is 16.1. The number of aliphatic hydroxyl groups is 1. The van der Waals surface area contributed by atoms with Gasteiger partial charge in [0.25, 0.3) is 0 Å². The number of hydroxylamine groups is 2. The molecule has 5 heteroatoms. The Hall–Kier alpha value is -1.59. The Morgan fingerprint density at radius 2 is 2.36 bits per heavy atom. The highest BCUT2D eigenvalue weighted by molar-refractivity contribution is 5.90. The lowest BCUT2D eigenvalue weighted by molar-refractivity contribution is -0.132. The molecule has 1 aromatic rings. The Balaban J connectivity index is 2.70. The summed E-state index contributed by atoms with van der Waals surface area (Å²) in [5.74, 6) is -0.547. The van der Waals surface area contributed by atoms with Crippen LogP contribution in [0.3, 0.4) is 0 Å². The molecule has 0 aliphatic heterocycles. The van der Waals surface area contributed by atoms with Crippen molar-refractivity contribution < 1.29 is 14.7 Å². The molecule has 0 fully saturated rings. The van der Waals surface area contributed by atoms with Crippen LogP contribution in [0.4, 0.5) is 5.69 Å². The molecule has 14 heavy (non-hydrogen) atoms. The van der Waals surface area contributed by atoms with Crippen molar-refractivity contribution in [2.45, 2.75) is 0 Å². The molecule has 0 radical (unpaired) electrons. The van der Waals surface area contributed by atoms with Gasteiger partial charge in [0, 0.05) is 12.7 Å². The Labute approximate surface area is 81.6 Å². The molecule has 0 bridgehead atoms. The maximum Gasteiger partial charge on any atom is 0.357 e. The van der Waals surface area contributed by atoms with Gasteiger partial charge in [0.05, 0.1) is 5.56 Å². The first-order valence-electron chi connectivity index (χ1n) is 4.03. The number of nitrogen functional groups attached to an aromatic ring is 1. The van der Waals surface area contributed by atoms with Gasteiger partial charge in [-0.2, -0.15) is 0 Å². The van der Waals surface area contributed by atoms with Crippen LogP contribution in [0.2, 0.25) is 0 Å². The average molecular weight is 196 g/mol. The maximum atomic E-state index is 11.3. The molecule has 0 unspecified atom stereocenters. The lowest BCUT2D eigenvalue weighted by Crippen LogP contribution is -2.24. The molecule has 0 amide bonds. The van der Waals surface area contributed by atoms with E-state index in [-0.39, 0.29) is 6.73 Å². The highest BCUT2D eigenvalue weighted by atomic mass is 16.7. The van der Waals surface area contributed by atoms with Gasteiger partial charge in [-0.05, 0) is 18.2 Å². The minimum absolute atomic E-state index is 0.352. The summed E-state index contributed by atoms with van der Waals surface area (Å²) in [6, 6.07) is 6.43. The fourth-order valence-corrected chi connectivity index (χ4v) is 0.889. The van der Waals surface area contributed by atoms with Crippen molar-refractivity contribution >= 4 is 11.7 Å². The van der Waals surface area contributed by atoms with Gasteiger partial charge >= 0.3 is 5.97 Å². The maximum absolute atomic E-state index is 11.3. The lowest BCUT2D eigenvalue weighted by atomic mass is 10.2. The second-order valence-electron chi connectivity index (χ2n) is 2.77. The van der Waals surface area contributed by atoms with E-state index in [1.54, 1.807) is 18.2 Å². The van der Waals surface area contributed by atoms with Gasteiger partial charge in [-0.25, -0.2) is 4.79 Å². The molecule has 0 spiro atoms. The number of carbonyl (C=O) groups excluding carboxylic acids is 1. The van der Waals surface area contributed by atoms with Crippen LogP contribution in [0, 0.1) is 0 Å². The molecular formula is C9H12N2O3. The third-order valence-corrected chi connectivity index (χ3v) is 1.56. The predicted octanol–water partition coefficient (Wildman–Crippen LogP) is 0.222. The zero-order valence-electron chi connectivity index (χ0n) is 7.80. The molecule has 1 rings (SSSR count). The van der Waals surface area contributed by atoms with Gasteiger partial charge in [0.1, 0.15) is 6.73 Å². The number of hydrogen-bond donors (Lipinski definition) is 2. The highest BCUT2D eigenvalue weighted by Crippen LogP contribution is 2.08. The van der Waals surface area contributed by atoms with Crippen LogP contribution in [-0.2, 0) is 4.84 Å². The van der Waals surface area contributed by atoms with Gasteiger partial charge in [0.15, 0.2) is 0 Å². The number of aliphatic hydroxyl groups excluding tert-OH is 1. The molecule has 3 N–H and O–H groups in total.